The summed E-state index contributed by atoms with van der Waals surface area (Å²) in [4.78, 5) is 0. The third kappa shape index (κ3) is 3.38. The zero-order valence-corrected chi connectivity index (χ0v) is 10.4. The molecule has 0 radical (unpaired) electrons. The molecule has 6 heteroatoms. The molecule has 0 atom stereocenters. The van der Waals surface area contributed by atoms with E-state index in [1.165, 1.54) is 0 Å². The molecule has 0 spiro atoms. The summed E-state index contributed by atoms with van der Waals surface area (Å²) in [5, 5.41) is 0. The van der Waals surface area contributed by atoms with Crippen LogP contribution in [0.15, 0.2) is 27.1 Å². The monoisotopic (exact) mass is 328 g/mol. The van der Waals surface area contributed by atoms with Crippen molar-refractivity contribution >= 4 is 42.0 Å². The molecule has 0 aliphatic rings. The van der Waals surface area contributed by atoms with Gasteiger partial charge in [-0.15, -0.1) is 0 Å². The quantitative estimate of drug-likeness (QED) is 0.848. The fourth-order valence-corrected chi connectivity index (χ4v) is 3.18. The molecule has 0 aromatic heterocycles. The normalized spacial score (nSPS) is 11.6. The van der Waals surface area contributed by atoms with Gasteiger partial charge in [0.1, 0.15) is 5.75 Å². The van der Waals surface area contributed by atoms with Gasteiger partial charge in [0.15, 0.2) is 0 Å². The Morgan fingerprint density at radius 2 is 1.69 bits per heavy atom. The van der Waals surface area contributed by atoms with Crippen molar-refractivity contribution in [1.29, 1.82) is 0 Å². The van der Waals surface area contributed by atoms with Gasteiger partial charge in [-0.2, -0.15) is 8.42 Å². The first kappa shape index (κ1) is 11.2. The number of halogens is 2. The van der Waals surface area contributed by atoms with Gasteiger partial charge >= 0.3 is 0 Å². The van der Waals surface area contributed by atoms with E-state index in [1.807, 2.05) is 0 Å². The van der Waals surface area contributed by atoms with E-state index in [0.717, 1.165) is 0 Å². The lowest BCUT2D eigenvalue weighted by atomic mass is 10.2. The molecular weight excluding hydrogens is 324 g/mol. The molecule has 0 heterocycles. The second kappa shape index (κ2) is 4.08. The summed E-state index contributed by atoms with van der Waals surface area (Å²) >= 11 is 6.39. The largest absolute Gasteiger partial charge is 0.285 e. The van der Waals surface area contributed by atoms with Crippen LogP contribution >= 0.6 is 31.9 Å². The molecule has 0 aliphatic heterocycles. The summed E-state index contributed by atoms with van der Waals surface area (Å²) in [6.45, 7) is 0. The summed E-state index contributed by atoms with van der Waals surface area (Å²) in [6, 6.07) is 5.19. The maximum absolute atomic E-state index is 10.6. The number of hydrogen-bond acceptors (Lipinski definition) is 2. The van der Waals surface area contributed by atoms with Crippen LogP contribution in [0, 0.1) is 0 Å². The van der Waals surface area contributed by atoms with Gasteiger partial charge in [-0.1, -0.05) is 37.9 Å². The summed E-state index contributed by atoms with van der Waals surface area (Å²) in [7, 11) is -3.98. The van der Waals surface area contributed by atoms with Gasteiger partial charge in [0, 0.05) is 8.95 Å². The average Bonchev–Trinajstić information content (AvgIpc) is 1.95. The van der Waals surface area contributed by atoms with E-state index in [2.05, 4.69) is 31.9 Å². The van der Waals surface area contributed by atoms with E-state index < -0.39 is 15.9 Å². The SMILES string of the molecule is O=S(=O)(O)Cc1c(Br)cccc1Br. The highest BCUT2D eigenvalue weighted by molar-refractivity contribution is 9.11. The molecule has 13 heavy (non-hydrogen) atoms. The van der Waals surface area contributed by atoms with Crippen molar-refractivity contribution in [3.8, 4) is 0 Å². The number of hydrogen-bond donors (Lipinski definition) is 1. The van der Waals surface area contributed by atoms with E-state index in [4.69, 9.17) is 4.55 Å². The van der Waals surface area contributed by atoms with Gasteiger partial charge in [-0.25, -0.2) is 0 Å². The minimum absolute atomic E-state index is 0.394. The molecule has 1 rings (SSSR count). The zero-order valence-electron chi connectivity index (χ0n) is 6.37. The Balaban J connectivity index is 3.15. The Morgan fingerprint density at radius 1 is 1.23 bits per heavy atom. The lowest BCUT2D eigenvalue weighted by molar-refractivity contribution is 0.482. The maximum atomic E-state index is 10.6. The lowest BCUT2D eigenvalue weighted by Gasteiger charge is -2.04. The Morgan fingerprint density at radius 3 is 2.08 bits per heavy atom. The number of benzene rings is 1. The topological polar surface area (TPSA) is 54.4 Å². The lowest BCUT2D eigenvalue weighted by Crippen LogP contribution is -2.02. The van der Waals surface area contributed by atoms with E-state index >= 15 is 0 Å². The highest BCUT2D eigenvalue weighted by Crippen LogP contribution is 2.26. The first-order valence-corrected chi connectivity index (χ1v) is 6.48. The molecule has 0 bridgehead atoms. The zero-order chi connectivity index (χ0) is 10.1. The molecule has 72 valence electrons. The van der Waals surface area contributed by atoms with Gasteiger partial charge in [0.25, 0.3) is 10.1 Å². The smallest absolute Gasteiger partial charge is 0.269 e. The third-order valence-electron chi connectivity index (χ3n) is 1.39. The molecule has 0 unspecified atom stereocenters. The van der Waals surface area contributed by atoms with Crippen molar-refractivity contribution < 1.29 is 13.0 Å². The summed E-state index contributed by atoms with van der Waals surface area (Å²) in [5.74, 6) is -0.394. The Hall–Kier alpha value is 0.0900. The van der Waals surface area contributed by atoms with Gasteiger partial charge in [-0.05, 0) is 17.7 Å². The first-order valence-electron chi connectivity index (χ1n) is 3.28. The highest BCUT2D eigenvalue weighted by Gasteiger charge is 2.12. The molecule has 0 aliphatic carbocycles. The Bertz CT molecular complexity index is 393. The molecule has 0 saturated carbocycles. The van der Waals surface area contributed by atoms with Crippen LogP contribution in [0.3, 0.4) is 0 Å². The van der Waals surface area contributed by atoms with Gasteiger partial charge in [0.2, 0.25) is 0 Å². The van der Waals surface area contributed by atoms with Gasteiger partial charge < -0.3 is 0 Å². The maximum Gasteiger partial charge on any atom is 0.269 e. The van der Waals surface area contributed by atoms with E-state index in [-0.39, 0.29) is 0 Å². The van der Waals surface area contributed by atoms with E-state index in [9.17, 15) is 8.42 Å². The molecule has 0 amide bonds. The second-order valence-corrected chi connectivity index (χ2v) is 5.59. The van der Waals surface area contributed by atoms with Crippen LogP contribution in [-0.4, -0.2) is 13.0 Å². The van der Waals surface area contributed by atoms with Crippen molar-refractivity contribution in [3.63, 3.8) is 0 Å². The highest BCUT2D eigenvalue weighted by atomic mass is 79.9. The van der Waals surface area contributed by atoms with E-state index in [1.54, 1.807) is 18.2 Å². The van der Waals surface area contributed by atoms with Crippen molar-refractivity contribution in [2.75, 3.05) is 0 Å². The molecular formula is C7H6Br2O3S. The molecule has 1 N–H and O–H groups in total. The third-order valence-corrected chi connectivity index (χ3v) is 3.53. The Labute approximate surface area is 93.2 Å². The van der Waals surface area contributed by atoms with Crippen LogP contribution in [0.2, 0.25) is 0 Å². The fourth-order valence-electron chi connectivity index (χ4n) is 0.853. The van der Waals surface area contributed by atoms with E-state index in [0.29, 0.717) is 14.5 Å². The standard InChI is InChI=1S/C7H6Br2O3S/c8-6-2-1-3-7(9)5(6)4-13(10,11)12/h1-3H,4H2,(H,10,11,12). The van der Waals surface area contributed by atoms with Crippen molar-refractivity contribution in [2.24, 2.45) is 0 Å². The van der Waals surface area contributed by atoms with Crippen molar-refractivity contribution in [2.45, 2.75) is 5.75 Å². The molecule has 1 aromatic rings. The summed E-state index contributed by atoms with van der Waals surface area (Å²) in [5.41, 5.74) is 0.519. The van der Waals surface area contributed by atoms with Crippen LogP contribution in [0.4, 0.5) is 0 Å². The van der Waals surface area contributed by atoms with Crippen molar-refractivity contribution in [1.82, 2.24) is 0 Å². The van der Waals surface area contributed by atoms with Gasteiger partial charge in [0.05, 0.1) is 0 Å². The van der Waals surface area contributed by atoms with Crippen LogP contribution in [0.25, 0.3) is 0 Å². The van der Waals surface area contributed by atoms with Crippen LogP contribution in [0.1, 0.15) is 5.56 Å². The fraction of sp³-hybridized carbons (Fsp3) is 0.143. The molecule has 0 saturated heterocycles. The molecule has 0 fully saturated rings. The Kier molecular flexibility index (Phi) is 3.50. The number of rotatable bonds is 2. The van der Waals surface area contributed by atoms with Gasteiger partial charge in [-0.3, -0.25) is 4.55 Å². The minimum atomic E-state index is -3.98. The predicted octanol–water partition coefficient (Wildman–Crippen LogP) is 2.60. The van der Waals surface area contributed by atoms with Crippen LogP contribution in [-0.2, 0) is 15.9 Å². The molecule has 1 aromatic carbocycles. The summed E-state index contributed by atoms with van der Waals surface area (Å²) in [6.07, 6.45) is 0. The van der Waals surface area contributed by atoms with Crippen LogP contribution < -0.4 is 0 Å². The minimum Gasteiger partial charge on any atom is -0.285 e. The molecule has 3 nitrogen and oxygen atoms in total. The second-order valence-electron chi connectivity index (χ2n) is 2.43. The predicted molar refractivity (Wildman–Crippen MR) is 57.1 cm³/mol. The van der Waals surface area contributed by atoms with Crippen molar-refractivity contribution in [3.05, 3.63) is 32.7 Å². The summed E-state index contributed by atoms with van der Waals surface area (Å²) < 4.78 is 31.2. The van der Waals surface area contributed by atoms with Crippen LogP contribution in [0.5, 0.6) is 0 Å². The first-order chi connectivity index (χ1) is 5.90. The average molecular weight is 330 g/mol.